The molecule has 18 heavy (non-hydrogen) atoms. The van der Waals surface area contributed by atoms with Gasteiger partial charge in [0.2, 0.25) is 0 Å². The predicted octanol–water partition coefficient (Wildman–Crippen LogP) is 1.20. The molecule has 0 spiro atoms. The summed E-state index contributed by atoms with van der Waals surface area (Å²) in [7, 11) is 1.60. The number of ether oxygens (including phenoxy) is 3. The quantitative estimate of drug-likeness (QED) is 0.753. The molecule has 2 atom stereocenters. The molecule has 1 aliphatic heterocycles. The van der Waals surface area contributed by atoms with Crippen molar-refractivity contribution in [2.45, 2.75) is 38.6 Å². The molecule has 1 saturated heterocycles. The first-order valence-electron chi connectivity index (χ1n) is 6.09. The zero-order valence-electron chi connectivity index (χ0n) is 11.5. The van der Waals surface area contributed by atoms with Gasteiger partial charge in [0.05, 0.1) is 31.9 Å². The lowest BCUT2D eigenvalue weighted by atomic mass is 10.1. The molecule has 106 valence electrons. The van der Waals surface area contributed by atoms with Crippen LogP contribution in [-0.4, -0.2) is 67.3 Å². The van der Waals surface area contributed by atoms with Crippen molar-refractivity contribution in [3.05, 3.63) is 0 Å². The zero-order chi connectivity index (χ0) is 13.8. The van der Waals surface area contributed by atoms with E-state index in [4.69, 9.17) is 19.3 Å². The molecule has 6 heteroatoms. The van der Waals surface area contributed by atoms with E-state index in [2.05, 4.69) is 0 Å². The first kappa shape index (κ1) is 15.2. The van der Waals surface area contributed by atoms with Gasteiger partial charge >= 0.3 is 6.09 Å². The lowest BCUT2D eigenvalue weighted by Gasteiger charge is -2.27. The summed E-state index contributed by atoms with van der Waals surface area (Å²) >= 11 is 0. The van der Waals surface area contributed by atoms with E-state index < -0.39 is 6.09 Å². The van der Waals surface area contributed by atoms with Crippen LogP contribution in [0.4, 0.5) is 4.79 Å². The van der Waals surface area contributed by atoms with Crippen molar-refractivity contribution in [1.29, 1.82) is 0 Å². The highest BCUT2D eigenvalue weighted by Crippen LogP contribution is 2.22. The highest BCUT2D eigenvalue weighted by Gasteiger charge is 2.38. The number of methoxy groups -OCH3 is 1. The molecule has 6 nitrogen and oxygen atoms in total. The van der Waals surface area contributed by atoms with Crippen molar-refractivity contribution in [3.8, 4) is 0 Å². The molecule has 1 aliphatic rings. The highest BCUT2D eigenvalue weighted by atomic mass is 16.6. The third-order valence-corrected chi connectivity index (χ3v) is 2.61. The molecule has 0 saturated carbocycles. The van der Waals surface area contributed by atoms with Crippen molar-refractivity contribution in [2.75, 3.05) is 33.4 Å². The average molecular weight is 261 g/mol. The molecule has 1 fully saturated rings. The van der Waals surface area contributed by atoms with Crippen molar-refractivity contribution in [2.24, 2.45) is 0 Å². The van der Waals surface area contributed by atoms with Crippen LogP contribution < -0.4 is 0 Å². The van der Waals surface area contributed by atoms with Gasteiger partial charge in [-0.1, -0.05) is 0 Å². The SMILES string of the molecule is COCCOC1CN(C(=O)O)CC1OC(C)(C)C. The van der Waals surface area contributed by atoms with Gasteiger partial charge in [-0.05, 0) is 20.8 Å². The summed E-state index contributed by atoms with van der Waals surface area (Å²) in [5, 5.41) is 9.01. The molecule has 2 unspecified atom stereocenters. The van der Waals surface area contributed by atoms with Crippen LogP contribution >= 0.6 is 0 Å². The van der Waals surface area contributed by atoms with Gasteiger partial charge < -0.3 is 24.2 Å². The molecule has 0 aromatic rings. The normalized spacial score (nSPS) is 24.6. The fourth-order valence-electron chi connectivity index (χ4n) is 1.91. The Balaban J connectivity index is 2.55. The fraction of sp³-hybridized carbons (Fsp3) is 0.917. The Morgan fingerprint density at radius 2 is 1.89 bits per heavy atom. The fourth-order valence-corrected chi connectivity index (χ4v) is 1.91. The Kier molecular flexibility index (Phi) is 5.37. The molecule has 0 bridgehead atoms. The van der Waals surface area contributed by atoms with Crippen LogP contribution in [0.2, 0.25) is 0 Å². The number of nitrogens with zero attached hydrogens (tertiary/aromatic N) is 1. The lowest BCUT2D eigenvalue weighted by molar-refractivity contribution is -0.112. The summed E-state index contributed by atoms with van der Waals surface area (Å²) in [5.74, 6) is 0. The third-order valence-electron chi connectivity index (χ3n) is 2.61. The molecule has 1 heterocycles. The van der Waals surface area contributed by atoms with Crippen LogP contribution in [-0.2, 0) is 14.2 Å². The number of rotatable bonds is 5. The second-order valence-corrected chi connectivity index (χ2v) is 5.36. The number of likely N-dealkylation sites (tertiary alicyclic amines) is 1. The van der Waals surface area contributed by atoms with E-state index in [-0.39, 0.29) is 17.8 Å². The van der Waals surface area contributed by atoms with Crippen LogP contribution in [0.1, 0.15) is 20.8 Å². The second kappa shape index (κ2) is 6.36. The summed E-state index contributed by atoms with van der Waals surface area (Å²) in [4.78, 5) is 12.3. The van der Waals surface area contributed by atoms with E-state index in [1.807, 2.05) is 20.8 Å². The number of carboxylic acid groups (broad SMARTS) is 1. The maximum absolute atomic E-state index is 11.0. The number of hydrogen-bond acceptors (Lipinski definition) is 4. The smallest absolute Gasteiger partial charge is 0.407 e. The van der Waals surface area contributed by atoms with E-state index in [1.54, 1.807) is 7.11 Å². The summed E-state index contributed by atoms with van der Waals surface area (Å²) in [6.45, 7) is 7.47. The zero-order valence-corrected chi connectivity index (χ0v) is 11.5. The van der Waals surface area contributed by atoms with Gasteiger partial charge in [-0.3, -0.25) is 0 Å². The average Bonchev–Trinajstić information content (AvgIpc) is 2.60. The van der Waals surface area contributed by atoms with Gasteiger partial charge in [-0.15, -0.1) is 0 Å². The van der Waals surface area contributed by atoms with Crippen LogP contribution in [0.5, 0.6) is 0 Å². The molecule has 1 rings (SSSR count). The monoisotopic (exact) mass is 261 g/mol. The summed E-state index contributed by atoms with van der Waals surface area (Å²) in [5.41, 5.74) is -0.317. The van der Waals surface area contributed by atoms with Crippen LogP contribution in [0.25, 0.3) is 0 Å². The standard InChI is InChI=1S/C12H23NO5/c1-12(2,3)18-10-8-13(11(14)15)7-9(10)17-6-5-16-4/h9-10H,5-8H2,1-4H3,(H,14,15). The molecule has 0 aliphatic carbocycles. The molecule has 0 aromatic carbocycles. The molecular formula is C12H23NO5. The topological polar surface area (TPSA) is 68.2 Å². The number of carbonyl (C=O) groups is 1. The van der Waals surface area contributed by atoms with Crippen molar-refractivity contribution < 1.29 is 24.1 Å². The first-order valence-corrected chi connectivity index (χ1v) is 6.09. The molecule has 1 N–H and O–H groups in total. The van der Waals surface area contributed by atoms with E-state index >= 15 is 0 Å². The van der Waals surface area contributed by atoms with Gasteiger partial charge in [0.15, 0.2) is 0 Å². The van der Waals surface area contributed by atoms with E-state index in [0.29, 0.717) is 26.3 Å². The largest absolute Gasteiger partial charge is 0.465 e. The Hall–Kier alpha value is -0.850. The van der Waals surface area contributed by atoms with Gasteiger partial charge in [-0.2, -0.15) is 0 Å². The number of hydrogen-bond donors (Lipinski definition) is 1. The Morgan fingerprint density at radius 3 is 2.39 bits per heavy atom. The predicted molar refractivity (Wildman–Crippen MR) is 65.8 cm³/mol. The van der Waals surface area contributed by atoms with E-state index in [1.165, 1.54) is 4.90 Å². The molecular weight excluding hydrogens is 238 g/mol. The maximum atomic E-state index is 11.0. The van der Waals surface area contributed by atoms with Crippen molar-refractivity contribution >= 4 is 6.09 Å². The molecule has 1 amide bonds. The lowest BCUT2D eigenvalue weighted by Crippen LogP contribution is -2.37. The van der Waals surface area contributed by atoms with Crippen molar-refractivity contribution in [3.63, 3.8) is 0 Å². The minimum Gasteiger partial charge on any atom is -0.465 e. The molecule has 0 radical (unpaired) electrons. The van der Waals surface area contributed by atoms with Crippen LogP contribution in [0.15, 0.2) is 0 Å². The minimum absolute atomic E-state index is 0.224. The highest BCUT2D eigenvalue weighted by molar-refractivity contribution is 5.65. The summed E-state index contributed by atoms with van der Waals surface area (Å²) in [6.07, 6.45) is -1.39. The van der Waals surface area contributed by atoms with E-state index in [9.17, 15) is 4.79 Å². The third kappa shape index (κ3) is 4.80. The van der Waals surface area contributed by atoms with Gasteiger partial charge in [-0.25, -0.2) is 4.79 Å². The Bertz CT molecular complexity index is 276. The minimum atomic E-state index is -0.935. The summed E-state index contributed by atoms with van der Waals surface area (Å²) < 4.78 is 16.4. The van der Waals surface area contributed by atoms with Crippen LogP contribution in [0.3, 0.4) is 0 Å². The summed E-state index contributed by atoms with van der Waals surface area (Å²) in [6, 6.07) is 0. The van der Waals surface area contributed by atoms with Gasteiger partial charge in [0.1, 0.15) is 12.2 Å². The maximum Gasteiger partial charge on any atom is 0.407 e. The van der Waals surface area contributed by atoms with Crippen LogP contribution in [0, 0.1) is 0 Å². The Morgan fingerprint density at radius 1 is 1.28 bits per heavy atom. The van der Waals surface area contributed by atoms with Gasteiger partial charge in [0, 0.05) is 7.11 Å². The second-order valence-electron chi connectivity index (χ2n) is 5.36. The number of amides is 1. The molecule has 0 aromatic heterocycles. The Labute approximate surface area is 108 Å². The first-order chi connectivity index (χ1) is 8.33. The van der Waals surface area contributed by atoms with Crippen molar-refractivity contribution in [1.82, 2.24) is 4.90 Å². The van der Waals surface area contributed by atoms with Gasteiger partial charge in [0.25, 0.3) is 0 Å². The van der Waals surface area contributed by atoms with E-state index in [0.717, 1.165) is 0 Å².